The molecule has 2 amide bonds. The van der Waals surface area contributed by atoms with E-state index in [0.717, 1.165) is 19.6 Å². The van der Waals surface area contributed by atoms with E-state index in [9.17, 15) is 9.59 Å². The van der Waals surface area contributed by atoms with Gasteiger partial charge in [-0.25, -0.2) is 4.79 Å². The van der Waals surface area contributed by atoms with Gasteiger partial charge in [0.05, 0.1) is 0 Å². The molecule has 19 heavy (non-hydrogen) atoms. The van der Waals surface area contributed by atoms with Crippen molar-refractivity contribution in [3.8, 4) is 0 Å². The zero-order valence-electron chi connectivity index (χ0n) is 11.9. The Labute approximate surface area is 113 Å². The Morgan fingerprint density at radius 3 is 2.95 bits per heavy atom. The molecule has 108 valence electrons. The third kappa shape index (κ3) is 3.59. The molecule has 2 unspecified atom stereocenters. The Bertz CT molecular complexity index is 365. The molecule has 0 aromatic rings. The second-order valence-corrected chi connectivity index (χ2v) is 6.21. The van der Waals surface area contributed by atoms with Gasteiger partial charge in [0.1, 0.15) is 5.60 Å². The van der Waals surface area contributed by atoms with E-state index in [4.69, 9.17) is 4.74 Å². The van der Waals surface area contributed by atoms with Crippen molar-refractivity contribution < 1.29 is 14.3 Å². The molecule has 0 bridgehead atoms. The fourth-order valence-corrected chi connectivity index (χ4v) is 2.67. The van der Waals surface area contributed by atoms with Crippen LogP contribution < -0.4 is 10.6 Å². The number of piperazine rings is 1. The van der Waals surface area contributed by atoms with Crippen LogP contribution in [0.4, 0.5) is 4.79 Å². The van der Waals surface area contributed by atoms with Crippen molar-refractivity contribution in [2.45, 2.75) is 38.8 Å². The van der Waals surface area contributed by atoms with Crippen molar-refractivity contribution in [3.63, 3.8) is 0 Å². The summed E-state index contributed by atoms with van der Waals surface area (Å²) in [6, 6.07) is 0.205. The quantitative estimate of drug-likeness (QED) is 0.758. The van der Waals surface area contributed by atoms with Crippen molar-refractivity contribution >= 4 is 12.0 Å². The number of alkyl carbamates (subject to hydrolysis) is 1. The lowest BCUT2D eigenvalue weighted by Crippen LogP contribution is -2.52. The molecule has 0 spiro atoms. The minimum atomic E-state index is -0.492. The normalized spacial score (nSPS) is 27.1. The van der Waals surface area contributed by atoms with Gasteiger partial charge in [-0.05, 0) is 20.8 Å². The third-order valence-corrected chi connectivity index (χ3v) is 3.49. The van der Waals surface area contributed by atoms with Crippen LogP contribution in [0.25, 0.3) is 0 Å². The lowest BCUT2D eigenvalue weighted by Gasteiger charge is -2.33. The molecule has 2 fully saturated rings. The van der Waals surface area contributed by atoms with Crippen LogP contribution in [0.1, 0.15) is 27.2 Å². The van der Waals surface area contributed by atoms with Crippen LogP contribution in [0, 0.1) is 5.92 Å². The molecule has 2 saturated heterocycles. The summed E-state index contributed by atoms with van der Waals surface area (Å²) in [5, 5.41) is 6.06. The van der Waals surface area contributed by atoms with E-state index >= 15 is 0 Å². The fourth-order valence-electron chi connectivity index (χ4n) is 2.67. The monoisotopic (exact) mass is 269 g/mol. The second kappa shape index (κ2) is 5.36. The molecular weight excluding hydrogens is 246 g/mol. The lowest BCUT2D eigenvalue weighted by atomic mass is 9.99. The molecule has 6 heteroatoms. The maximum Gasteiger partial charge on any atom is 0.407 e. The van der Waals surface area contributed by atoms with Gasteiger partial charge in [-0.2, -0.15) is 0 Å². The number of ether oxygens (including phenoxy) is 1. The zero-order chi connectivity index (χ0) is 14.0. The summed E-state index contributed by atoms with van der Waals surface area (Å²) in [7, 11) is 0. The average molecular weight is 269 g/mol. The standard InChI is InChI=1S/C13H23N3O3/c1-13(2,3)19-12(18)15-7-9-6-11(17)16-5-4-14-8-10(9)16/h9-10,14H,4-8H2,1-3H3,(H,15,18). The first-order chi connectivity index (χ1) is 8.87. The highest BCUT2D eigenvalue weighted by Crippen LogP contribution is 2.26. The summed E-state index contributed by atoms with van der Waals surface area (Å²) >= 11 is 0. The first-order valence-electron chi connectivity index (χ1n) is 6.84. The van der Waals surface area contributed by atoms with Gasteiger partial charge < -0.3 is 20.3 Å². The van der Waals surface area contributed by atoms with Gasteiger partial charge >= 0.3 is 6.09 Å². The van der Waals surface area contributed by atoms with Crippen LogP contribution in [-0.4, -0.2) is 54.7 Å². The molecule has 0 aliphatic carbocycles. The number of hydrogen-bond acceptors (Lipinski definition) is 4. The number of amides is 2. The van der Waals surface area contributed by atoms with Crippen molar-refractivity contribution in [3.05, 3.63) is 0 Å². The number of hydrogen-bond donors (Lipinski definition) is 2. The molecule has 2 N–H and O–H groups in total. The van der Waals surface area contributed by atoms with E-state index in [1.165, 1.54) is 0 Å². The van der Waals surface area contributed by atoms with Crippen molar-refractivity contribution in [1.82, 2.24) is 15.5 Å². The molecule has 0 aromatic heterocycles. The summed E-state index contributed by atoms with van der Waals surface area (Å²) < 4.78 is 5.20. The molecule has 2 heterocycles. The van der Waals surface area contributed by atoms with E-state index in [0.29, 0.717) is 13.0 Å². The number of fused-ring (bicyclic) bond motifs is 1. The summed E-state index contributed by atoms with van der Waals surface area (Å²) in [6.07, 6.45) is 0.101. The molecule has 2 aliphatic rings. The van der Waals surface area contributed by atoms with Crippen molar-refractivity contribution in [1.29, 1.82) is 0 Å². The zero-order valence-corrected chi connectivity index (χ0v) is 11.9. The second-order valence-electron chi connectivity index (χ2n) is 6.21. The van der Waals surface area contributed by atoms with Crippen molar-refractivity contribution in [2.75, 3.05) is 26.2 Å². The van der Waals surface area contributed by atoms with E-state index in [-0.39, 0.29) is 17.9 Å². The number of carbonyl (C=O) groups excluding carboxylic acids is 2. The van der Waals surface area contributed by atoms with Crippen LogP contribution in [0.3, 0.4) is 0 Å². The third-order valence-electron chi connectivity index (χ3n) is 3.49. The highest BCUT2D eigenvalue weighted by Gasteiger charge is 2.40. The Kier molecular flexibility index (Phi) is 3.99. The molecule has 0 saturated carbocycles. The summed E-state index contributed by atoms with van der Waals surface area (Å²) in [6.45, 7) is 8.42. The first-order valence-corrected chi connectivity index (χ1v) is 6.84. The predicted molar refractivity (Wildman–Crippen MR) is 70.7 cm³/mol. The fraction of sp³-hybridized carbons (Fsp3) is 0.846. The van der Waals surface area contributed by atoms with Gasteiger partial charge in [-0.3, -0.25) is 4.79 Å². The maximum atomic E-state index is 11.8. The van der Waals surface area contributed by atoms with Crippen molar-refractivity contribution in [2.24, 2.45) is 5.92 Å². The van der Waals surface area contributed by atoms with Crippen LogP contribution in [-0.2, 0) is 9.53 Å². The average Bonchev–Trinajstić information content (AvgIpc) is 2.62. The Hall–Kier alpha value is -1.30. The summed E-state index contributed by atoms with van der Waals surface area (Å²) in [5.74, 6) is 0.371. The largest absolute Gasteiger partial charge is 0.444 e. The maximum absolute atomic E-state index is 11.8. The van der Waals surface area contributed by atoms with E-state index < -0.39 is 11.7 Å². The number of nitrogens with zero attached hydrogens (tertiary/aromatic N) is 1. The number of carbonyl (C=O) groups is 2. The van der Waals surface area contributed by atoms with E-state index in [1.54, 1.807) is 0 Å². The van der Waals surface area contributed by atoms with Gasteiger partial charge in [-0.1, -0.05) is 0 Å². The van der Waals surface area contributed by atoms with Gasteiger partial charge in [-0.15, -0.1) is 0 Å². The van der Waals surface area contributed by atoms with E-state index in [1.807, 2.05) is 25.7 Å². The Balaban J connectivity index is 1.83. The van der Waals surface area contributed by atoms with E-state index in [2.05, 4.69) is 10.6 Å². The molecule has 2 rings (SSSR count). The number of rotatable bonds is 2. The number of nitrogens with one attached hydrogen (secondary N) is 2. The Morgan fingerprint density at radius 1 is 1.53 bits per heavy atom. The SMILES string of the molecule is CC(C)(C)OC(=O)NCC1CC(=O)N2CCNCC12. The van der Waals surface area contributed by atoms with Crippen LogP contribution >= 0.6 is 0 Å². The summed E-state index contributed by atoms with van der Waals surface area (Å²) in [4.78, 5) is 25.4. The van der Waals surface area contributed by atoms with Gasteiger partial charge in [0.15, 0.2) is 0 Å². The minimum Gasteiger partial charge on any atom is -0.444 e. The molecule has 0 radical (unpaired) electrons. The molecule has 0 aromatic carbocycles. The summed E-state index contributed by atoms with van der Waals surface area (Å²) in [5.41, 5.74) is -0.492. The minimum absolute atomic E-state index is 0.174. The topological polar surface area (TPSA) is 70.7 Å². The van der Waals surface area contributed by atoms with Crippen LogP contribution in [0.15, 0.2) is 0 Å². The first kappa shape index (κ1) is 14.1. The van der Waals surface area contributed by atoms with Gasteiger partial charge in [0.25, 0.3) is 0 Å². The molecular formula is C13H23N3O3. The molecule has 2 aliphatic heterocycles. The lowest BCUT2D eigenvalue weighted by molar-refractivity contribution is -0.129. The van der Waals surface area contributed by atoms with Gasteiger partial charge in [0.2, 0.25) is 5.91 Å². The highest BCUT2D eigenvalue weighted by atomic mass is 16.6. The predicted octanol–water partition coefficient (Wildman–Crippen LogP) is 0.331. The molecule has 6 nitrogen and oxygen atoms in total. The Morgan fingerprint density at radius 2 is 2.26 bits per heavy atom. The van der Waals surface area contributed by atoms with Gasteiger partial charge in [0, 0.05) is 44.6 Å². The smallest absolute Gasteiger partial charge is 0.407 e. The van der Waals surface area contributed by atoms with Crippen LogP contribution in [0.5, 0.6) is 0 Å². The van der Waals surface area contributed by atoms with Crippen LogP contribution in [0.2, 0.25) is 0 Å². The molecule has 2 atom stereocenters. The highest BCUT2D eigenvalue weighted by molar-refractivity contribution is 5.79.